The highest BCUT2D eigenvalue weighted by Crippen LogP contribution is 2.42. The van der Waals surface area contributed by atoms with Gasteiger partial charge in [0.2, 0.25) is 5.91 Å². The molecule has 0 radical (unpaired) electrons. The molecule has 1 atom stereocenters. The van der Waals surface area contributed by atoms with Crippen LogP contribution in [0.1, 0.15) is 33.1 Å². The van der Waals surface area contributed by atoms with Crippen molar-refractivity contribution >= 4 is 5.91 Å². The van der Waals surface area contributed by atoms with Gasteiger partial charge >= 0.3 is 0 Å². The van der Waals surface area contributed by atoms with Crippen LogP contribution in [-0.2, 0) is 4.79 Å². The lowest BCUT2D eigenvalue weighted by atomic mass is 9.81. The van der Waals surface area contributed by atoms with E-state index in [9.17, 15) is 4.79 Å². The van der Waals surface area contributed by atoms with Crippen LogP contribution in [-0.4, -0.2) is 5.91 Å². The summed E-state index contributed by atoms with van der Waals surface area (Å²) in [6, 6.07) is 0. The molecule has 12 heavy (non-hydrogen) atoms. The van der Waals surface area contributed by atoms with Crippen LogP contribution < -0.4 is 5.32 Å². The van der Waals surface area contributed by atoms with Gasteiger partial charge in [-0.2, -0.15) is 5.26 Å². The Morgan fingerprint density at radius 1 is 1.67 bits per heavy atom. The van der Waals surface area contributed by atoms with E-state index >= 15 is 0 Å². The fraction of sp³-hybridized carbons (Fsp3) is 0.778. The average molecular weight is 166 g/mol. The summed E-state index contributed by atoms with van der Waals surface area (Å²) >= 11 is 0. The summed E-state index contributed by atoms with van der Waals surface area (Å²) in [5.74, 6) is -0.0860. The number of rotatable bonds is 1. The summed E-state index contributed by atoms with van der Waals surface area (Å²) in [5.41, 5.74) is 0.0704. The molecular formula is C9H14N2O. The van der Waals surface area contributed by atoms with Gasteiger partial charge in [0.1, 0.15) is 0 Å². The van der Waals surface area contributed by atoms with Crippen molar-refractivity contribution in [3.63, 3.8) is 0 Å². The Bertz CT molecular complexity index is 227. The molecule has 0 aromatic heterocycles. The maximum absolute atomic E-state index is 11.3. The lowest BCUT2D eigenvalue weighted by molar-refractivity contribution is -0.126. The molecule has 1 N–H and O–H groups in total. The van der Waals surface area contributed by atoms with Gasteiger partial charge in [-0.15, -0.1) is 0 Å². The van der Waals surface area contributed by atoms with E-state index in [2.05, 4.69) is 19.2 Å². The van der Waals surface area contributed by atoms with Crippen molar-refractivity contribution in [2.24, 2.45) is 11.3 Å². The first-order valence-corrected chi connectivity index (χ1v) is 4.27. The van der Waals surface area contributed by atoms with Crippen molar-refractivity contribution < 1.29 is 4.79 Å². The smallest absolute Gasteiger partial charge is 0.236 e. The van der Waals surface area contributed by atoms with Crippen LogP contribution in [0.2, 0.25) is 0 Å². The quantitative estimate of drug-likeness (QED) is 0.473. The van der Waals surface area contributed by atoms with Crippen LogP contribution in [0.3, 0.4) is 0 Å². The number of nitrogens with zero attached hydrogens (tertiary/aromatic N) is 1. The first-order chi connectivity index (χ1) is 5.58. The van der Waals surface area contributed by atoms with Crippen molar-refractivity contribution in [1.29, 1.82) is 5.26 Å². The van der Waals surface area contributed by atoms with E-state index in [4.69, 9.17) is 5.26 Å². The van der Waals surface area contributed by atoms with E-state index in [-0.39, 0.29) is 17.2 Å². The number of nitrogens with one attached hydrogen (secondary N) is 1. The molecule has 0 bridgehead atoms. The molecule has 0 aromatic carbocycles. The molecule has 1 aliphatic carbocycles. The lowest BCUT2D eigenvalue weighted by Crippen LogP contribution is -2.33. The van der Waals surface area contributed by atoms with Gasteiger partial charge in [0.15, 0.2) is 6.19 Å². The second-order valence-electron chi connectivity index (χ2n) is 4.03. The highest BCUT2D eigenvalue weighted by molar-refractivity contribution is 5.81. The van der Waals surface area contributed by atoms with E-state index in [0.29, 0.717) is 0 Å². The maximum atomic E-state index is 11.3. The van der Waals surface area contributed by atoms with E-state index in [0.717, 1.165) is 19.3 Å². The third kappa shape index (κ3) is 1.58. The highest BCUT2D eigenvalue weighted by Gasteiger charge is 2.39. The summed E-state index contributed by atoms with van der Waals surface area (Å²) in [7, 11) is 0. The third-order valence-corrected chi connectivity index (χ3v) is 2.75. The Hall–Kier alpha value is -1.04. The van der Waals surface area contributed by atoms with Gasteiger partial charge in [0.25, 0.3) is 0 Å². The first-order valence-electron chi connectivity index (χ1n) is 4.27. The minimum atomic E-state index is -0.111. The van der Waals surface area contributed by atoms with Crippen molar-refractivity contribution in [2.45, 2.75) is 33.1 Å². The fourth-order valence-corrected chi connectivity index (χ4v) is 1.95. The first kappa shape index (κ1) is 9.05. The topological polar surface area (TPSA) is 52.9 Å². The Morgan fingerprint density at radius 2 is 2.33 bits per heavy atom. The second-order valence-corrected chi connectivity index (χ2v) is 4.03. The fourth-order valence-electron chi connectivity index (χ4n) is 1.95. The maximum Gasteiger partial charge on any atom is 0.236 e. The van der Waals surface area contributed by atoms with Gasteiger partial charge in [-0.3, -0.25) is 10.1 Å². The Kier molecular flexibility index (Phi) is 2.37. The molecule has 3 heteroatoms. The van der Waals surface area contributed by atoms with E-state index < -0.39 is 0 Å². The van der Waals surface area contributed by atoms with E-state index in [1.807, 2.05) is 0 Å². The SMILES string of the molecule is CC1(C)CCCC1C(=O)NC#N. The average Bonchev–Trinajstić information content (AvgIpc) is 2.30. The van der Waals surface area contributed by atoms with Crippen LogP contribution in [0.25, 0.3) is 0 Å². The van der Waals surface area contributed by atoms with Crippen LogP contribution in [0, 0.1) is 22.8 Å². The zero-order valence-electron chi connectivity index (χ0n) is 7.55. The standard InChI is InChI=1S/C9H14N2O/c1-9(2)5-3-4-7(9)8(12)11-6-10/h7H,3-5H2,1-2H3,(H,11,12). The van der Waals surface area contributed by atoms with Gasteiger partial charge in [-0.1, -0.05) is 20.3 Å². The number of hydrogen-bond acceptors (Lipinski definition) is 2. The summed E-state index contributed by atoms with van der Waals surface area (Å²) < 4.78 is 0. The molecule has 1 amide bonds. The lowest BCUT2D eigenvalue weighted by Gasteiger charge is -2.24. The predicted molar refractivity (Wildman–Crippen MR) is 44.9 cm³/mol. The van der Waals surface area contributed by atoms with Crippen LogP contribution >= 0.6 is 0 Å². The number of amides is 1. The van der Waals surface area contributed by atoms with Gasteiger partial charge in [-0.05, 0) is 18.3 Å². The largest absolute Gasteiger partial charge is 0.274 e. The molecular weight excluding hydrogens is 152 g/mol. The van der Waals surface area contributed by atoms with Gasteiger partial charge < -0.3 is 0 Å². The van der Waals surface area contributed by atoms with Crippen LogP contribution in [0.5, 0.6) is 0 Å². The summed E-state index contributed by atoms with van der Waals surface area (Å²) in [6.07, 6.45) is 4.77. The Morgan fingerprint density at radius 3 is 2.75 bits per heavy atom. The molecule has 1 fully saturated rings. The highest BCUT2D eigenvalue weighted by atomic mass is 16.1. The number of carbonyl (C=O) groups is 1. The summed E-state index contributed by atoms with van der Waals surface area (Å²) in [4.78, 5) is 11.3. The molecule has 3 nitrogen and oxygen atoms in total. The molecule has 0 aliphatic heterocycles. The molecule has 0 saturated heterocycles. The van der Waals surface area contributed by atoms with E-state index in [1.165, 1.54) is 0 Å². The van der Waals surface area contributed by atoms with Crippen molar-refractivity contribution in [1.82, 2.24) is 5.32 Å². The molecule has 0 spiro atoms. The number of nitriles is 1. The van der Waals surface area contributed by atoms with Crippen molar-refractivity contribution in [3.8, 4) is 6.19 Å². The Balaban J connectivity index is 2.64. The number of hydrogen-bond donors (Lipinski definition) is 1. The monoisotopic (exact) mass is 166 g/mol. The summed E-state index contributed by atoms with van der Waals surface area (Å²) in [6.45, 7) is 4.17. The van der Waals surface area contributed by atoms with Gasteiger partial charge in [0, 0.05) is 5.92 Å². The molecule has 1 unspecified atom stereocenters. The van der Waals surface area contributed by atoms with Gasteiger partial charge in [0.05, 0.1) is 0 Å². The van der Waals surface area contributed by atoms with Crippen LogP contribution in [0.15, 0.2) is 0 Å². The zero-order chi connectivity index (χ0) is 9.19. The molecule has 0 heterocycles. The normalized spacial score (nSPS) is 26.2. The minimum absolute atomic E-state index is 0.0251. The molecule has 1 aliphatic rings. The second kappa shape index (κ2) is 3.14. The molecule has 0 aromatic rings. The van der Waals surface area contributed by atoms with Gasteiger partial charge in [-0.25, -0.2) is 0 Å². The number of carbonyl (C=O) groups excluding carboxylic acids is 1. The minimum Gasteiger partial charge on any atom is -0.274 e. The van der Waals surface area contributed by atoms with Crippen LogP contribution in [0.4, 0.5) is 0 Å². The van der Waals surface area contributed by atoms with Crippen molar-refractivity contribution in [3.05, 3.63) is 0 Å². The predicted octanol–water partition coefficient (Wildman–Crippen LogP) is 1.41. The molecule has 1 rings (SSSR count). The van der Waals surface area contributed by atoms with Crippen molar-refractivity contribution in [2.75, 3.05) is 0 Å². The Labute approximate surface area is 72.8 Å². The molecule has 66 valence electrons. The van der Waals surface area contributed by atoms with E-state index in [1.54, 1.807) is 6.19 Å². The summed E-state index contributed by atoms with van der Waals surface area (Å²) in [5, 5.41) is 10.5. The zero-order valence-corrected chi connectivity index (χ0v) is 7.55. The molecule has 1 saturated carbocycles. The third-order valence-electron chi connectivity index (χ3n) is 2.75.